The van der Waals surface area contributed by atoms with Gasteiger partial charge in [-0.2, -0.15) is 0 Å². The molecule has 0 unspecified atom stereocenters. The molecule has 0 aliphatic rings. The second-order valence-corrected chi connectivity index (χ2v) is 12.8. The van der Waals surface area contributed by atoms with E-state index in [0.29, 0.717) is 5.56 Å². The van der Waals surface area contributed by atoms with E-state index < -0.39 is 38.4 Å². The Balaban J connectivity index is 1.90. The average molecular weight is 556 g/mol. The Morgan fingerprint density at radius 1 is 0.914 bits per heavy atom. The molecule has 0 aliphatic heterocycles. The summed E-state index contributed by atoms with van der Waals surface area (Å²) in [4.78, 5) is 13.1. The Hall–Kier alpha value is -2.59. The summed E-state index contributed by atoms with van der Waals surface area (Å²) >= 11 is 12.4. The molecule has 3 aromatic carbocycles. The number of aryl methyl sites for hydroxylation is 1. The molecule has 186 valence electrons. The predicted molar refractivity (Wildman–Crippen MR) is 138 cm³/mol. The molecule has 0 saturated heterocycles. The fraction of sp³-hybridized carbons (Fsp3) is 0.208. The summed E-state index contributed by atoms with van der Waals surface area (Å²) in [7, 11) is -7.52. The van der Waals surface area contributed by atoms with Gasteiger partial charge in [-0.1, -0.05) is 53.0 Å². The van der Waals surface area contributed by atoms with Crippen molar-refractivity contribution in [3.05, 3.63) is 87.9 Å². The first-order valence-corrected chi connectivity index (χ1v) is 14.5. The number of benzene rings is 3. The molecular formula is C24H24Cl2N2O5S2. The van der Waals surface area contributed by atoms with Gasteiger partial charge in [0.15, 0.2) is 9.84 Å². The molecular weight excluding hydrogens is 531 g/mol. The van der Waals surface area contributed by atoms with Crippen LogP contribution in [0.2, 0.25) is 10.0 Å². The van der Waals surface area contributed by atoms with Gasteiger partial charge in [0.05, 0.1) is 26.5 Å². The van der Waals surface area contributed by atoms with E-state index in [1.165, 1.54) is 42.5 Å². The van der Waals surface area contributed by atoms with Gasteiger partial charge in [-0.3, -0.25) is 9.10 Å². The lowest BCUT2D eigenvalue weighted by Gasteiger charge is -2.26. The second kappa shape index (κ2) is 10.6. The van der Waals surface area contributed by atoms with Crippen LogP contribution in [0.15, 0.2) is 76.5 Å². The Kier molecular flexibility index (Phi) is 8.16. The van der Waals surface area contributed by atoms with Crippen LogP contribution in [0.4, 0.5) is 5.69 Å². The predicted octanol–water partition coefficient (Wildman–Crippen LogP) is 4.78. The van der Waals surface area contributed by atoms with E-state index in [-0.39, 0.29) is 25.5 Å². The van der Waals surface area contributed by atoms with Gasteiger partial charge < -0.3 is 5.32 Å². The van der Waals surface area contributed by atoms with E-state index >= 15 is 0 Å². The van der Waals surface area contributed by atoms with Crippen molar-refractivity contribution >= 4 is 54.7 Å². The van der Waals surface area contributed by atoms with Crippen molar-refractivity contribution < 1.29 is 21.6 Å². The van der Waals surface area contributed by atoms with Crippen molar-refractivity contribution in [3.8, 4) is 0 Å². The number of halogens is 2. The number of sulfone groups is 1. The molecule has 3 rings (SSSR count). The highest BCUT2D eigenvalue weighted by molar-refractivity contribution is 7.93. The van der Waals surface area contributed by atoms with Crippen molar-refractivity contribution in [1.29, 1.82) is 0 Å². The maximum absolute atomic E-state index is 13.5. The average Bonchev–Trinajstić information content (AvgIpc) is 2.79. The maximum Gasteiger partial charge on any atom is 0.264 e. The standard InChI is InChI=1S/C24H24Cl2N2O5S2/c1-16-4-9-21(10-5-16)35(32,33)28(23-14-19(25)8-13-22(23)26)15-24(29)27-17(2)18-6-11-20(12-7-18)34(3,30)31/h4-14,17H,15H2,1-3H3,(H,27,29)/t17-/m0/s1. The quantitative estimate of drug-likeness (QED) is 0.431. The van der Waals surface area contributed by atoms with Crippen molar-refractivity contribution in [1.82, 2.24) is 5.32 Å². The fourth-order valence-electron chi connectivity index (χ4n) is 3.32. The number of sulfonamides is 1. The second-order valence-electron chi connectivity index (χ2n) is 8.05. The number of nitrogens with zero attached hydrogens (tertiary/aromatic N) is 1. The first kappa shape index (κ1) is 27.0. The highest BCUT2D eigenvalue weighted by Gasteiger charge is 2.29. The minimum absolute atomic E-state index is 0.00338. The third-order valence-electron chi connectivity index (χ3n) is 5.26. The fourth-order valence-corrected chi connectivity index (χ4v) is 5.82. The van der Waals surface area contributed by atoms with Crippen molar-refractivity contribution in [2.75, 3.05) is 17.1 Å². The van der Waals surface area contributed by atoms with Crippen molar-refractivity contribution in [2.45, 2.75) is 29.7 Å². The SMILES string of the molecule is Cc1ccc(S(=O)(=O)N(CC(=O)N[C@@H](C)c2ccc(S(C)(=O)=O)cc2)c2cc(Cl)ccc2Cl)cc1. The Morgan fingerprint density at radius 2 is 1.49 bits per heavy atom. The number of carbonyl (C=O) groups excluding carboxylic acids is 1. The summed E-state index contributed by atoms with van der Waals surface area (Å²) in [6.07, 6.45) is 1.11. The zero-order valence-corrected chi connectivity index (χ0v) is 22.3. The number of amides is 1. The first-order valence-electron chi connectivity index (χ1n) is 10.4. The first-order chi connectivity index (χ1) is 16.3. The summed E-state index contributed by atoms with van der Waals surface area (Å²) in [5.41, 5.74) is 1.60. The summed E-state index contributed by atoms with van der Waals surface area (Å²) in [5, 5.41) is 3.12. The Morgan fingerprint density at radius 3 is 2.06 bits per heavy atom. The smallest absolute Gasteiger partial charge is 0.264 e. The normalized spacial score (nSPS) is 12.7. The lowest BCUT2D eigenvalue weighted by atomic mass is 10.1. The van der Waals surface area contributed by atoms with E-state index in [9.17, 15) is 21.6 Å². The van der Waals surface area contributed by atoms with Crippen molar-refractivity contribution in [2.24, 2.45) is 0 Å². The number of nitrogens with one attached hydrogen (secondary N) is 1. The number of carbonyl (C=O) groups is 1. The summed E-state index contributed by atoms with van der Waals surface area (Å²) in [5.74, 6) is -0.587. The molecule has 0 fully saturated rings. The van der Waals surface area contributed by atoms with Gasteiger partial charge in [0.25, 0.3) is 10.0 Å². The minimum Gasteiger partial charge on any atom is -0.348 e. The molecule has 1 amide bonds. The number of anilines is 1. The molecule has 7 nitrogen and oxygen atoms in total. The number of rotatable bonds is 8. The van der Waals surface area contributed by atoms with Gasteiger partial charge in [-0.15, -0.1) is 0 Å². The van der Waals surface area contributed by atoms with Crippen LogP contribution in [0.1, 0.15) is 24.1 Å². The number of hydrogen-bond donors (Lipinski definition) is 1. The van der Waals surface area contributed by atoms with Crippen LogP contribution in [0.3, 0.4) is 0 Å². The molecule has 1 atom stereocenters. The van der Waals surface area contributed by atoms with E-state index in [1.807, 2.05) is 6.92 Å². The van der Waals surface area contributed by atoms with Crippen LogP contribution >= 0.6 is 23.2 Å². The third-order valence-corrected chi connectivity index (χ3v) is 8.72. The van der Waals surface area contributed by atoms with Crippen LogP contribution in [0.5, 0.6) is 0 Å². The van der Waals surface area contributed by atoms with Crippen LogP contribution in [0, 0.1) is 6.92 Å². The summed E-state index contributed by atoms with van der Waals surface area (Å²) < 4.78 is 51.3. The molecule has 0 saturated carbocycles. The van der Waals surface area contributed by atoms with E-state index in [0.717, 1.165) is 16.1 Å². The maximum atomic E-state index is 13.5. The molecule has 1 N–H and O–H groups in total. The zero-order chi connectivity index (χ0) is 26.0. The lowest BCUT2D eigenvalue weighted by Crippen LogP contribution is -2.41. The molecule has 35 heavy (non-hydrogen) atoms. The van der Waals surface area contributed by atoms with Gasteiger partial charge in [0.2, 0.25) is 5.91 Å². The van der Waals surface area contributed by atoms with Crippen LogP contribution < -0.4 is 9.62 Å². The molecule has 11 heteroatoms. The minimum atomic E-state index is -4.16. The highest BCUT2D eigenvalue weighted by atomic mass is 35.5. The van der Waals surface area contributed by atoms with Gasteiger partial charge in [-0.05, 0) is 61.9 Å². The summed E-state index contributed by atoms with van der Waals surface area (Å²) in [6, 6.07) is 16.2. The monoisotopic (exact) mass is 554 g/mol. The third kappa shape index (κ3) is 6.55. The molecule has 3 aromatic rings. The topological polar surface area (TPSA) is 101 Å². The molecule has 0 radical (unpaired) electrons. The van der Waals surface area contributed by atoms with E-state index in [2.05, 4.69) is 5.32 Å². The van der Waals surface area contributed by atoms with Gasteiger partial charge in [-0.25, -0.2) is 16.8 Å². The lowest BCUT2D eigenvalue weighted by molar-refractivity contribution is -0.120. The number of hydrogen-bond acceptors (Lipinski definition) is 5. The van der Waals surface area contributed by atoms with Crippen LogP contribution in [0.25, 0.3) is 0 Å². The molecule has 0 spiro atoms. The summed E-state index contributed by atoms with van der Waals surface area (Å²) in [6.45, 7) is 2.99. The molecule has 0 heterocycles. The highest BCUT2D eigenvalue weighted by Crippen LogP contribution is 2.33. The molecule has 0 aliphatic carbocycles. The van der Waals surface area contributed by atoms with Crippen LogP contribution in [-0.4, -0.2) is 35.5 Å². The Bertz CT molecular complexity index is 1440. The van der Waals surface area contributed by atoms with Gasteiger partial charge in [0, 0.05) is 11.3 Å². The Labute approximate surface area is 215 Å². The van der Waals surface area contributed by atoms with Gasteiger partial charge >= 0.3 is 0 Å². The zero-order valence-electron chi connectivity index (χ0n) is 19.2. The van der Waals surface area contributed by atoms with E-state index in [4.69, 9.17) is 23.2 Å². The van der Waals surface area contributed by atoms with Crippen molar-refractivity contribution in [3.63, 3.8) is 0 Å². The molecule has 0 aromatic heterocycles. The largest absolute Gasteiger partial charge is 0.348 e. The van der Waals surface area contributed by atoms with Gasteiger partial charge in [0.1, 0.15) is 6.54 Å². The van der Waals surface area contributed by atoms with Crippen LogP contribution in [-0.2, 0) is 24.7 Å². The molecule has 0 bridgehead atoms. The van der Waals surface area contributed by atoms with E-state index in [1.54, 1.807) is 31.2 Å².